The Labute approximate surface area is 126 Å². The molecule has 2 atom stereocenters. The molecule has 4 heteroatoms. The zero-order chi connectivity index (χ0) is 14.5. The average molecular weight is 339 g/mol. The first-order valence-corrected chi connectivity index (χ1v) is 7.19. The second kappa shape index (κ2) is 6.97. The van der Waals surface area contributed by atoms with Crippen molar-refractivity contribution in [3.8, 4) is 0 Å². The fraction of sp³-hybridized carbons (Fsp3) is 0.250. The van der Waals surface area contributed by atoms with Crippen molar-refractivity contribution in [3.05, 3.63) is 69.9 Å². The molecule has 0 aliphatic heterocycles. The minimum Gasteiger partial charge on any atom is -0.396 e. The van der Waals surface area contributed by atoms with Crippen LogP contribution >= 0.6 is 15.9 Å². The normalized spacial score (nSPS) is 14.0. The lowest BCUT2D eigenvalue weighted by molar-refractivity contribution is 0.0642. The molecule has 2 rings (SSSR count). The fourth-order valence-corrected chi connectivity index (χ4v) is 2.52. The highest BCUT2D eigenvalue weighted by molar-refractivity contribution is 9.10. The van der Waals surface area contributed by atoms with Gasteiger partial charge in [-0.1, -0.05) is 52.3 Å². The highest BCUT2D eigenvalue weighted by Gasteiger charge is 2.23. The van der Waals surface area contributed by atoms with E-state index in [1.165, 1.54) is 12.1 Å². The van der Waals surface area contributed by atoms with Gasteiger partial charge in [0.1, 0.15) is 5.82 Å². The fourth-order valence-electron chi connectivity index (χ4n) is 2.19. The van der Waals surface area contributed by atoms with Crippen molar-refractivity contribution in [3.63, 3.8) is 0 Å². The van der Waals surface area contributed by atoms with Crippen molar-refractivity contribution in [2.45, 2.75) is 12.5 Å². The smallest absolute Gasteiger partial charge is 0.130 e. The first kappa shape index (κ1) is 15.2. The van der Waals surface area contributed by atoms with Crippen LogP contribution in [0.15, 0.2) is 53.0 Å². The number of halogens is 2. The third-order valence-corrected chi connectivity index (χ3v) is 3.80. The van der Waals surface area contributed by atoms with Crippen molar-refractivity contribution >= 4 is 15.9 Å². The van der Waals surface area contributed by atoms with Crippen LogP contribution in [0.3, 0.4) is 0 Å². The Kier molecular flexibility index (Phi) is 5.29. The van der Waals surface area contributed by atoms with E-state index in [0.29, 0.717) is 10.9 Å². The lowest BCUT2D eigenvalue weighted by Gasteiger charge is -2.22. The molecule has 2 N–H and O–H groups in total. The maximum atomic E-state index is 13.9. The molecule has 0 bridgehead atoms. The van der Waals surface area contributed by atoms with Gasteiger partial charge >= 0.3 is 0 Å². The van der Waals surface area contributed by atoms with E-state index in [1.807, 2.05) is 30.3 Å². The molecule has 0 aliphatic rings. The van der Waals surface area contributed by atoms with Crippen molar-refractivity contribution in [1.29, 1.82) is 0 Å². The van der Waals surface area contributed by atoms with Gasteiger partial charge in [-0.15, -0.1) is 0 Å². The monoisotopic (exact) mass is 338 g/mol. The molecule has 0 amide bonds. The van der Waals surface area contributed by atoms with E-state index in [2.05, 4.69) is 15.9 Å². The number of hydrogen-bond donors (Lipinski definition) is 2. The molecular weight excluding hydrogens is 323 g/mol. The van der Waals surface area contributed by atoms with E-state index >= 15 is 0 Å². The zero-order valence-electron chi connectivity index (χ0n) is 10.8. The van der Waals surface area contributed by atoms with Crippen molar-refractivity contribution in [1.82, 2.24) is 0 Å². The van der Waals surface area contributed by atoms with Crippen LogP contribution in [0.4, 0.5) is 4.39 Å². The van der Waals surface area contributed by atoms with Gasteiger partial charge in [0.15, 0.2) is 0 Å². The summed E-state index contributed by atoms with van der Waals surface area (Å²) in [5, 5.41) is 19.8. The number of hydrogen-bond acceptors (Lipinski definition) is 2. The molecule has 0 heterocycles. The molecular formula is C16H16BrFO2. The second-order valence-electron chi connectivity index (χ2n) is 4.74. The number of aliphatic hydroxyl groups excluding tert-OH is 2. The van der Waals surface area contributed by atoms with Crippen LogP contribution < -0.4 is 0 Å². The third-order valence-electron chi connectivity index (χ3n) is 3.30. The van der Waals surface area contributed by atoms with Crippen LogP contribution in [0.2, 0.25) is 0 Å². The summed E-state index contributed by atoms with van der Waals surface area (Å²) in [7, 11) is 0. The molecule has 0 fully saturated rings. The predicted octanol–water partition coefficient (Wildman–Crippen LogP) is 3.47. The Hall–Kier alpha value is -1.23. The van der Waals surface area contributed by atoms with E-state index < -0.39 is 17.8 Å². The maximum Gasteiger partial charge on any atom is 0.130 e. The van der Waals surface area contributed by atoms with Crippen molar-refractivity contribution < 1.29 is 14.6 Å². The highest BCUT2D eigenvalue weighted by atomic mass is 79.9. The molecule has 2 aromatic carbocycles. The average Bonchev–Trinajstić information content (AvgIpc) is 2.45. The molecule has 0 spiro atoms. The molecule has 2 nitrogen and oxygen atoms in total. The van der Waals surface area contributed by atoms with Crippen LogP contribution in [0.5, 0.6) is 0 Å². The summed E-state index contributed by atoms with van der Waals surface area (Å²) in [4.78, 5) is 0. The minimum absolute atomic E-state index is 0.203. The lowest BCUT2D eigenvalue weighted by Crippen LogP contribution is -2.20. The molecule has 0 unspecified atom stereocenters. The summed E-state index contributed by atoms with van der Waals surface area (Å²) in [5.41, 5.74) is 1.21. The van der Waals surface area contributed by atoms with E-state index in [4.69, 9.17) is 0 Å². The van der Waals surface area contributed by atoms with E-state index in [0.717, 1.165) is 5.56 Å². The Morgan fingerprint density at radius 2 is 1.80 bits per heavy atom. The number of aliphatic hydroxyl groups is 2. The van der Waals surface area contributed by atoms with Gasteiger partial charge < -0.3 is 10.2 Å². The molecule has 2 aromatic rings. The van der Waals surface area contributed by atoms with Crippen LogP contribution in [-0.4, -0.2) is 16.8 Å². The van der Waals surface area contributed by atoms with Gasteiger partial charge in [0.05, 0.1) is 6.10 Å². The SMILES string of the molecule is OC[C@H](Cc1ccccc1)[C@@H](O)c1ccc(Br)cc1F. The number of benzene rings is 2. The molecule has 0 saturated heterocycles. The standard InChI is InChI=1S/C16H16BrFO2/c17-13-6-7-14(15(18)9-13)16(20)12(10-19)8-11-4-2-1-3-5-11/h1-7,9,12,16,19-20H,8,10H2/t12-,16+/m0/s1. The van der Waals surface area contributed by atoms with Gasteiger partial charge in [-0.3, -0.25) is 0 Å². The van der Waals surface area contributed by atoms with E-state index in [1.54, 1.807) is 6.07 Å². The van der Waals surface area contributed by atoms with E-state index in [-0.39, 0.29) is 12.2 Å². The van der Waals surface area contributed by atoms with Gasteiger partial charge in [-0.25, -0.2) is 4.39 Å². The lowest BCUT2D eigenvalue weighted by atomic mass is 9.90. The Bertz CT molecular complexity index is 560. The topological polar surface area (TPSA) is 40.5 Å². The molecule has 0 aromatic heterocycles. The van der Waals surface area contributed by atoms with Crippen LogP contribution in [0, 0.1) is 11.7 Å². The highest BCUT2D eigenvalue weighted by Crippen LogP contribution is 2.28. The first-order valence-electron chi connectivity index (χ1n) is 6.39. The summed E-state index contributed by atoms with van der Waals surface area (Å²) in [6.45, 7) is -0.203. The largest absolute Gasteiger partial charge is 0.396 e. The summed E-state index contributed by atoms with van der Waals surface area (Å²) >= 11 is 3.18. The zero-order valence-corrected chi connectivity index (χ0v) is 12.4. The van der Waals surface area contributed by atoms with Crippen molar-refractivity contribution in [2.75, 3.05) is 6.61 Å². The van der Waals surface area contributed by atoms with Gasteiger partial charge in [0.25, 0.3) is 0 Å². The number of rotatable bonds is 5. The Balaban J connectivity index is 2.18. The molecule has 0 saturated carbocycles. The Morgan fingerprint density at radius 3 is 2.40 bits per heavy atom. The molecule has 0 radical (unpaired) electrons. The third kappa shape index (κ3) is 3.66. The summed E-state index contributed by atoms with van der Waals surface area (Å²) in [6, 6.07) is 14.1. The van der Waals surface area contributed by atoms with E-state index in [9.17, 15) is 14.6 Å². The van der Waals surface area contributed by atoms with Gasteiger partial charge in [-0.05, 0) is 24.1 Å². The molecule has 0 aliphatic carbocycles. The quantitative estimate of drug-likeness (QED) is 0.876. The Morgan fingerprint density at radius 1 is 1.10 bits per heavy atom. The van der Waals surface area contributed by atoms with Gasteiger partial charge in [0.2, 0.25) is 0 Å². The predicted molar refractivity (Wildman–Crippen MR) is 79.8 cm³/mol. The summed E-state index contributed by atoms with van der Waals surface area (Å²) in [6.07, 6.45) is -0.540. The van der Waals surface area contributed by atoms with Crippen LogP contribution in [-0.2, 0) is 6.42 Å². The van der Waals surface area contributed by atoms with Gasteiger partial charge in [-0.2, -0.15) is 0 Å². The second-order valence-corrected chi connectivity index (χ2v) is 5.66. The maximum absolute atomic E-state index is 13.9. The van der Waals surface area contributed by atoms with Crippen LogP contribution in [0.1, 0.15) is 17.2 Å². The van der Waals surface area contributed by atoms with Gasteiger partial charge in [0, 0.05) is 22.6 Å². The molecule has 106 valence electrons. The molecule has 20 heavy (non-hydrogen) atoms. The van der Waals surface area contributed by atoms with Crippen LogP contribution in [0.25, 0.3) is 0 Å². The van der Waals surface area contributed by atoms with Crippen molar-refractivity contribution in [2.24, 2.45) is 5.92 Å². The summed E-state index contributed by atoms with van der Waals surface area (Å²) < 4.78 is 14.5. The first-order chi connectivity index (χ1) is 9.61. The summed E-state index contributed by atoms with van der Waals surface area (Å²) in [5.74, 6) is -0.911. The minimum atomic E-state index is -1.03.